The van der Waals surface area contributed by atoms with Gasteiger partial charge in [0.25, 0.3) is 0 Å². The predicted molar refractivity (Wildman–Crippen MR) is 87.6 cm³/mol. The van der Waals surface area contributed by atoms with Crippen molar-refractivity contribution in [2.45, 2.75) is 38.1 Å². The van der Waals surface area contributed by atoms with Crippen molar-refractivity contribution in [2.75, 3.05) is 19.6 Å². The first-order valence-corrected chi connectivity index (χ1v) is 8.15. The van der Waals surface area contributed by atoms with Gasteiger partial charge >= 0.3 is 0 Å². The lowest BCUT2D eigenvalue weighted by Gasteiger charge is -2.35. The van der Waals surface area contributed by atoms with Crippen molar-refractivity contribution in [3.63, 3.8) is 0 Å². The summed E-state index contributed by atoms with van der Waals surface area (Å²) in [5, 5.41) is 11.4. The van der Waals surface area contributed by atoms with Crippen LogP contribution in [0.2, 0.25) is 5.02 Å². The summed E-state index contributed by atoms with van der Waals surface area (Å²) in [6.07, 6.45) is 2.96. The molecule has 0 spiro atoms. The molecule has 0 bridgehead atoms. The Kier molecular flexibility index (Phi) is 5.97. The van der Waals surface area contributed by atoms with Crippen LogP contribution in [0.25, 0.3) is 0 Å². The molecule has 0 saturated carbocycles. The fourth-order valence-electron chi connectivity index (χ4n) is 3.13. The number of nitrogens with one attached hydrogen (secondary N) is 1. The lowest BCUT2D eigenvalue weighted by molar-refractivity contribution is -0.123. The SMILES string of the molecule is CC1(Cc2ccc(Cl)c(F)c2)CCCN1CC(=O)NCCC#N. The van der Waals surface area contributed by atoms with E-state index in [2.05, 4.69) is 17.1 Å². The van der Waals surface area contributed by atoms with Gasteiger partial charge < -0.3 is 5.32 Å². The number of carbonyl (C=O) groups excluding carboxylic acids is 1. The van der Waals surface area contributed by atoms with Gasteiger partial charge in [0.15, 0.2) is 0 Å². The third-order valence-corrected chi connectivity index (χ3v) is 4.68. The van der Waals surface area contributed by atoms with Gasteiger partial charge in [-0.05, 0) is 50.4 Å². The third kappa shape index (κ3) is 4.66. The summed E-state index contributed by atoms with van der Waals surface area (Å²) in [5.41, 5.74) is 0.707. The van der Waals surface area contributed by atoms with Crippen LogP contribution in [-0.2, 0) is 11.2 Å². The number of halogens is 2. The summed E-state index contributed by atoms with van der Waals surface area (Å²) < 4.78 is 13.6. The highest BCUT2D eigenvalue weighted by Gasteiger charge is 2.37. The largest absolute Gasteiger partial charge is 0.354 e. The second-order valence-corrected chi connectivity index (χ2v) is 6.61. The molecule has 1 aromatic carbocycles. The van der Waals surface area contributed by atoms with Crippen molar-refractivity contribution in [1.82, 2.24) is 10.2 Å². The molecule has 0 radical (unpaired) electrons. The summed E-state index contributed by atoms with van der Waals surface area (Å²) >= 11 is 5.73. The van der Waals surface area contributed by atoms with E-state index in [0.717, 1.165) is 24.9 Å². The van der Waals surface area contributed by atoms with E-state index in [1.165, 1.54) is 6.07 Å². The van der Waals surface area contributed by atoms with Gasteiger partial charge in [-0.1, -0.05) is 17.7 Å². The molecule has 1 atom stereocenters. The van der Waals surface area contributed by atoms with Crippen LogP contribution in [-0.4, -0.2) is 36.0 Å². The third-order valence-electron chi connectivity index (χ3n) is 4.37. The minimum atomic E-state index is -0.411. The first kappa shape index (κ1) is 17.7. The Balaban J connectivity index is 1.99. The molecule has 23 heavy (non-hydrogen) atoms. The molecule has 1 unspecified atom stereocenters. The van der Waals surface area contributed by atoms with Gasteiger partial charge in [-0.3, -0.25) is 9.69 Å². The van der Waals surface area contributed by atoms with Crippen LogP contribution in [0.1, 0.15) is 31.7 Å². The molecule has 6 heteroatoms. The summed E-state index contributed by atoms with van der Waals surface area (Å²) in [6.45, 7) is 3.63. The molecule has 1 saturated heterocycles. The zero-order chi connectivity index (χ0) is 16.9. The molecule has 0 aromatic heterocycles. The van der Waals surface area contributed by atoms with Crippen molar-refractivity contribution < 1.29 is 9.18 Å². The number of hydrogen-bond acceptors (Lipinski definition) is 3. The maximum absolute atomic E-state index is 13.6. The Morgan fingerprint density at radius 3 is 3.04 bits per heavy atom. The molecule has 1 fully saturated rings. The van der Waals surface area contributed by atoms with E-state index in [1.807, 2.05) is 12.1 Å². The van der Waals surface area contributed by atoms with Crippen LogP contribution in [0.15, 0.2) is 18.2 Å². The average molecular weight is 338 g/mol. The normalized spacial score (nSPS) is 21.1. The minimum Gasteiger partial charge on any atom is -0.354 e. The Morgan fingerprint density at radius 1 is 1.57 bits per heavy atom. The molecule has 0 aliphatic carbocycles. The van der Waals surface area contributed by atoms with Gasteiger partial charge in [-0.2, -0.15) is 5.26 Å². The zero-order valence-corrected chi connectivity index (χ0v) is 14.0. The molecule has 1 N–H and O–H groups in total. The van der Waals surface area contributed by atoms with Crippen molar-refractivity contribution in [3.05, 3.63) is 34.6 Å². The average Bonchev–Trinajstić information content (AvgIpc) is 2.84. The van der Waals surface area contributed by atoms with Crippen molar-refractivity contribution in [1.29, 1.82) is 5.26 Å². The summed E-state index contributed by atoms with van der Waals surface area (Å²) in [4.78, 5) is 14.1. The van der Waals surface area contributed by atoms with Gasteiger partial charge in [-0.25, -0.2) is 4.39 Å². The molecular weight excluding hydrogens is 317 g/mol. The number of likely N-dealkylation sites (tertiary alicyclic amines) is 1. The van der Waals surface area contributed by atoms with Crippen molar-refractivity contribution in [2.24, 2.45) is 0 Å². The molecule has 1 amide bonds. The highest BCUT2D eigenvalue weighted by Crippen LogP contribution is 2.32. The van der Waals surface area contributed by atoms with Gasteiger partial charge in [-0.15, -0.1) is 0 Å². The fraction of sp³-hybridized carbons (Fsp3) is 0.529. The Bertz CT molecular complexity index is 616. The van der Waals surface area contributed by atoms with Crippen molar-refractivity contribution >= 4 is 17.5 Å². The Labute approximate surface area is 141 Å². The lowest BCUT2D eigenvalue weighted by Crippen LogP contribution is -2.48. The van der Waals surface area contributed by atoms with Crippen LogP contribution in [0.4, 0.5) is 4.39 Å². The molecule has 1 aliphatic rings. The maximum Gasteiger partial charge on any atom is 0.234 e. The predicted octanol–water partition coefficient (Wildman–Crippen LogP) is 2.91. The van der Waals surface area contributed by atoms with Crippen LogP contribution in [0.5, 0.6) is 0 Å². The number of carbonyl (C=O) groups is 1. The Morgan fingerprint density at radius 2 is 2.35 bits per heavy atom. The van der Waals surface area contributed by atoms with Crippen LogP contribution in [0.3, 0.4) is 0 Å². The van der Waals surface area contributed by atoms with E-state index >= 15 is 0 Å². The monoisotopic (exact) mass is 337 g/mol. The topological polar surface area (TPSA) is 56.1 Å². The number of nitriles is 1. The van der Waals surface area contributed by atoms with Gasteiger partial charge in [0.2, 0.25) is 5.91 Å². The number of nitrogens with zero attached hydrogens (tertiary/aromatic N) is 2. The maximum atomic E-state index is 13.6. The second kappa shape index (κ2) is 7.76. The highest BCUT2D eigenvalue weighted by molar-refractivity contribution is 6.30. The smallest absolute Gasteiger partial charge is 0.234 e. The summed E-state index contributed by atoms with van der Waals surface area (Å²) in [7, 11) is 0. The minimum absolute atomic E-state index is 0.0735. The van der Waals surface area contributed by atoms with Crippen LogP contribution in [0, 0.1) is 17.1 Å². The fourth-order valence-corrected chi connectivity index (χ4v) is 3.24. The molecule has 1 aliphatic heterocycles. The van der Waals surface area contributed by atoms with Gasteiger partial charge in [0.05, 0.1) is 24.1 Å². The number of benzene rings is 1. The second-order valence-electron chi connectivity index (χ2n) is 6.21. The molecule has 1 aromatic rings. The van der Waals surface area contributed by atoms with E-state index in [0.29, 0.717) is 25.9 Å². The lowest BCUT2D eigenvalue weighted by atomic mass is 9.90. The standard InChI is InChI=1S/C17H21ClFN3O/c1-17(11-13-4-5-14(18)15(19)10-13)6-2-9-22(17)12-16(23)21-8-3-7-20/h4-5,10H,2-3,6,8-9,11-12H2,1H3,(H,21,23). The molecular formula is C17H21ClFN3O. The number of amides is 1. The summed E-state index contributed by atoms with van der Waals surface area (Å²) in [5.74, 6) is -0.484. The van der Waals surface area contributed by atoms with Crippen LogP contribution < -0.4 is 5.32 Å². The first-order valence-electron chi connectivity index (χ1n) is 7.77. The van der Waals surface area contributed by atoms with Crippen molar-refractivity contribution in [3.8, 4) is 6.07 Å². The first-order chi connectivity index (χ1) is 10.9. The van der Waals surface area contributed by atoms with Gasteiger partial charge in [0, 0.05) is 12.1 Å². The molecule has 2 rings (SSSR count). The molecule has 124 valence electrons. The molecule has 1 heterocycles. The van der Waals surface area contributed by atoms with Gasteiger partial charge in [0.1, 0.15) is 5.82 Å². The van der Waals surface area contributed by atoms with E-state index in [-0.39, 0.29) is 16.5 Å². The highest BCUT2D eigenvalue weighted by atomic mass is 35.5. The van der Waals surface area contributed by atoms with Crippen LogP contribution >= 0.6 is 11.6 Å². The quantitative estimate of drug-likeness (QED) is 0.812. The van der Waals surface area contributed by atoms with E-state index < -0.39 is 5.82 Å². The summed E-state index contributed by atoms with van der Waals surface area (Å²) in [6, 6.07) is 6.88. The van der Waals surface area contributed by atoms with E-state index in [4.69, 9.17) is 16.9 Å². The number of hydrogen-bond donors (Lipinski definition) is 1. The van der Waals surface area contributed by atoms with E-state index in [1.54, 1.807) is 6.07 Å². The number of rotatable bonds is 6. The zero-order valence-electron chi connectivity index (χ0n) is 13.2. The molecule has 4 nitrogen and oxygen atoms in total. The Hall–Kier alpha value is -1.64. The van der Waals surface area contributed by atoms with E-state index in [9.17, 15) is 9.18 Å².